The van der Waals surface area contributed by atoms with E-state index in [1.54, 1.807) is 11.0 Å². The summed E-state index contributed by atoms with van der Waals surface area (Å²) in [6.07, 6.45) is -4.16. The molecule has 0 N–H and O–H groups in total. The highest BCUT2D eigenvalue weighted by Gasteiger charge is 2.35. The van der Waals surface area contributed by atoms with Crippen LogP contribution >= 0.6 is 22.6 Å². The highest BCUT2D eigenvalue weighted by molar-refractivity contribution is 14.1. The summed E-state index contributed by atoms with van der Waals surface area (Å²) in [6, 6.07) is 3.15. The summed E-state index contributed by atoms with van der Waals surface area (Å²) in [7, 11) is 1.32. The number of benzene rings is 1. The smallest absolute Gasteiger partial charge is 0.422 e. The quantitative estimate of drug-likeness (QED) is 0.474. The molecular weight excluding hydrogens is 448 g/mol. The largest absolute Gasteiger partial charge is 0.493 e. The molecule has 0 aliphatic carbocycles. The molecular formula is C15H17F5INO2. The molecule has 1 aliphatic heterocycles. The minimum Gasteiger partial charge on any atom is -0.493 e. The number of hydrogen-bond acceptors (Lipinski definition) is 3. The van der Waals surface area contributed by atoms with Crippen LogP contribution < -0.4 is 9.47 Å². The van der Waals surface area contributed by atoms with Crippen molar-refractivity contribution in [2.45, 2.75) is 31.5 Å². The molecule has 0 aromatic heterocycles. The number of rotatable bonds is 5. The third kappa shape index (κ3) is 5.61. The maximum atomic E-state index is 13.5. The lowest BCUT2D eigenvalue weighted by Gasteiger charge is -2.32. The van der Waals surface area contributed by atoms with Gasteiger partial charge >= 0.3 is 6.18 Å². The molecule has 1 aliphatic rings. The van der Waals surface area contributed by atoms with Gasteiger partial charge in [0.1, 0.15) is 0 Å². The standard InChI is InChI=1S/C15H17F5INO2/c1-23-12-6-10(7-22-4-2-3-14(16,17)8-22)5-11(21)13(12)24-9-15(18,19)20/h5-6H,2-4,7-9H2,1H3. The molecule has 0 spiro atoms. The maximum Gasteiger partial charge on any atom is 0.422 e. The summed E-state index contributed by atoms with van der Waals surface area (Å²) in [6.45, 7) is -0.905. The average molecular weight is 465 g/mol. The van der Waals surface area contributed by atoms with Crippen LogP contribution in [0.2, 0.25) is 0 Å². The van der Waals surface area contributed by atoms with E-state index in [4.69, 9.17) is 9.47 Å². The van der Waals surface area contributed by atoms with Gasteiger partial charge in [0.25, 0.3) is 5.92 Å². The van der Waals surface area contributed by atoms with E-state index in [0.717, 1.165) is 0 Å². The number of piperidine rings is 1. The predicted octanol–water partition coefficient (Wildman–Crippen LogP) is 4.47. The zero-order valence-electron chi connectivity index (χ0n) is 12.9. The second kappa shape index (κ2) is 7.59. The fourth-order valence-electron chi connectivity index (χ4n) is 2.60. The molecule has 1 saturated heterocycles. The number of likely N-dealkylation sites (tertiary alicyclic amines) is 1. The van der Waals surface area contributed by atoms with E-state index in [1.165, 1.54) is 13.2 Å². The lowest BCUT2D eigenvalue weighted by atomic mass is 10.1. The molecule has 24 heavy (non-hydrogen) atoms. The molecule has 9 heteroatoms. The Bertz CT molecular complexity index is 580. The van der Waals surface area contributed by atoms with Crippen molar-refractivity contribution >= 4 is 22.6 Å². The van der Waals surface area contributed by atoms with Gasteiger partial charge in [0, 0.05) is 13.0 Å². The monoisotopic (exact) mass is 465 g/mol. The molecule has 1 aromatic rings. The van der Waals surface area contributed by atoms with Crippen LogP contribution in [0.1, 0.15) is 18.4 Å². The summed E-state index contributed by atoms with van der Waals surface area (Å²) in [5.41, 5.74) is 0.688. The van der Waals surface area contributed by atoms with Gasteiger partial charge in [-0.3, -0.25) is 4.90 Å². The molecule has 0 atom stereocenters. The number of methoxy groups -OCH3 is 1. The van der Waals surface area contributed by atoms with E-state index < -0.39 is 18.7 Å². The van der Waals surface area contributed by atoms with Crippen LogP contribution in [-0.4, -0.2) is 43.8 Å². The number of nitrogens with zero attached hydrogens (tertiary/aromatic N) is 1. The van der Waals surface area contributed by atoms with Gasteiger partial charge in [0.15, 0.2) is 18.1 Å². The molecule has 1 fully saturated rings. The molecule has 1 aromatic carbocycles. The van der Waals surface area contributed by atoms with E-state index in [9.17, 15) is 22.0 Å². The first-order valence-electron chi connectivity index (χ1n) is 7.26. The third-order valence-electron chi connectivity index (χ3n) is 3.55. The second-order valence-electron chi connectivity index (χ2n) is 5.68. The summed E-state index contributed by atoms with van der Waals surface area (Å²) in [4.78, 5) is 1.63. The number of alkyl halides is 5. The van der Waals surface area contributed by atoms with Crippen LogP contribution in [-0.2, 0) is 6.54 Å². The Labute approximate surface area is 150 Å². The molecule has 0 radical (unpaired) electrons. The van der Waals surface area contributed by atoms with E-state index >= 15 is 0 Å². The van der Waals surface area contributed by atoms with Crippen molar-refractivity contribution < 1.29 is 31.4 Å². The van der Waals surface area contributed by atoms with Crippen molar-refractivity contribution in [1.29, 1.82) is 0 Å². The third-order valence-corrected chi connectivity index (χ3v) is 4.35. The first-order chi connectivity index (χ1) is 11.1. The summed E-state index contributed by atoms with van der Waals surface area (Å²) in [5.74, 6) is -2.54. The normalized spacial score (nSPS) is 18.5. The van der Waals surface area contributed by atoms with Crippen molar-refractivity contribution in [1.82, 2.24) is 4.90 Å². The number of halogens is 6. The van der Waals surface area contributed by atoms with Crippen molar-refractivity contribution in [2.75, 3.05) is 26.8 Å². The van der Waals surface area contributed by atoms with Crippen molar-refractivity contribution in [3.8, 4) is 11.5 Å². The fourth-order valence-corrected chi connectivity index (χ4v) is 3.42. The van der Waals surface area contributed by atoms with Crippen molar-refractivity contribution in [3.05, 3.63) is 21.3 Å². The van der Waals surface area contributed by atoms with Gasteiger partial charge in [0.05, 0.1) is 17.2 Å². The minimum absolute atomic E-state index is 0.00292. The van der Waals surface area contributed by atoms with Gasteiger partial charge in [-0.15, -0.1) is 0 Å². The SMILES string of the molecule is COc1cc(CN2CCCC(F)(F)C2)cc(I)c1OCC(F)(F)F. The highest BCUT2D eigenvalue weighted by atomic mass is 127. The maximum absolute atomic E-state index is 13.5. The minimum atomic E-state index is -4.45. The van der Waals surface area contributed by atoms with Crippen LogP contribution in [0.25, 0.3) is 0 Å². The molecule has 3 nitrogen and oxygen atoms in total. The Kier molecular flexibility index (Phi) is 6.16. The Morgan fingerprint density at radius 3 is 2.58 bits per heavy atom. The Morgan fingerprint density at radius 2 is 2.00 bits per heavy atom. The van der Waals surface area contributed by atoms with Gasteiger partial charge < -0.3 is 9.47 Å². The van der Waals surface area contributed by atoms with Gasteiger partial charge in [0.2, 0.25) is 0 Å². The van der Waals surface area contributed by atoms with E-state index in [1.807, 2.05) is 22.6 Å². The topological polar surface area (TPSA) is 21.7 Å². The molecule has 1 heterocycles. The molecule has 2 rings (SSSR count). The van der Waals surface area contributed by atoms with E-state index in [-0.39, 0.29) is 31.0 Å². The highest BCUT2D eigenvalue weighted by Crippen LogP contribution is 2.36. The first-order valence-corrected chi connectivity index (χ1v) is 8.34. The lowest BCUT2D eigenvalue weighted by Crippen LogP contribution is -2.42. The molecule has 0 unspecified atom stereocenters. The van der Waals surface area contributed by atoms with E-state index in [0.29, 0.717) is 22.1 Å². The zero-order valence-corrected chi connectivity index (χ0v) is 15.1. The van der Waals surface area contributed by atoms with Gasteiger partial charge in [-0.1, -0.05) is 0 Å². The predicted molar refractivity (Wildman–Crippen MR) is 86.7 cm³/mol. The zero-order chi connectivity index (χ0) is 18.0. The Hall–Kier alpha value is -0.840. The second-order valence-corrected chi connectivity index (χ2v) is 6.85. The van der Waals surface area contributed by atoms with Gasteiger partial charge in [-0.05, 0) is 53.3 Å². The Balaban J connectivity index is 2.13. The van der Waals surface area contributed by atoms with Gasteiger partial charge in [-0.25, -0.2) is 8.78 Å². The first kappa shape index (κ1) is 19.5. The van der Waals surface area contributed by atoms with Crippen LogP contribution in [0.15, 0.2) is 12.1 Å². The van der Waals surface area contributed by atoms with Crippen LogP contribution in [0.5, 0.6) is 11.5 Å². The lowest BCUT2D eigenvalue weighted by molar-refractivity contribution is -0.153. The van der Waals surface area contributed by atoms with Gasteiger partial charge in [-0.2, -0.15) is 13.2 Å². The summed E-state index contributed by atoms with van der Waals surface area (Å²) >= 11 is 1.85. The Morgan fingerprint density at radius 1 is 1.29 bits per heavy atom. The van der Waals surface area contributed by atoms with Crippen molar-refractivity contribution in [3.63, 3.8) is 0 Å². The number of ether oxygens (including phenoxy) is 2. The molecule has 0 amide bonds. The van der Waals surface area contributed by atoms with Crippen LogP contribution in [0.3, 0.4) is 0 Å². The number of hydrogen-bond donors (Lipinski definition) is 0. The molecule has 136 valence electrons. The molecule has 0 saturated carbocycles. The summed E-state index contributed by atoms with van der Waals surface area (Å²) in [5, 5.41) is 0. The van der Waals surface area contributed by atoms with Crippen LogP contribution in [0.4, 0.5) is 22.0 Å². The summed E-state index contributed by atoms with van der Waals surface area (Å²) < 4.78 is 74.2. The fraction of sp³-hybridized carbons (Fsp3) is 0.600. The average Bonchev–Trinajstić information content (AvgIpc) is 2.43. The van der Waals surface area contributed by atoms with Crippen LogP contribution in [0, 0.1) is 3.57 Å². The van der Waals surface area contributed by atoms with E-state index in [2.05, 4.69) is 0 Å². The molecule has 0 bridgehead atoms. The van der Waals surface area contributed by atoms with Crippen molar-refractivity contribution in [2.24, 2.45) is 0 Å².